The van der Waals surface area contributed by atoms with Crippen LogP contribution in [-0.4, -0.2) is 13.2 Å². The van der Waals surface area contributed by atoms with Gasteiger partial charge >= 0.3 is 0 Å². The summed E-state index contributed by atoms with van der Waals surface area (Å²) < 4.78 is 32.1. The van der Waals surface area contributed by atoms with Crippen LogP contribution < -0.4 is 10.5 Å². The fourth-order valence-electron chi connectivity index (χ4n) is 1.54. The van der Waals surface area contributed by atoms with Crippen molar-refractivity contribution in [1.82, 2.24) is 0 Å². The van der Waals surface area contributed by atoms with Gasteiger partial charge in [-0.2, -0.15) is 0 Å². The van der Waals surface area contributed by atoms with Gasteiger partial charge in [-0.3, -0.25) is 0 Å². The minimum absolute atomic E-state index is 0.114. The van der Waals surface area contributed by atoms with E-state index in [1.165, 1.54) is 6.07 Å². The SMILES string of the molecule is NC/C=C/c1cc(F)cc(F)c1OCC1CC1. The molecule has 1 saturated carbocycles. The van der Waals surface area contributed by atoms with Crippen LogP contribution in [0, 0.1) is 17.6 Å². The molecule has 17 heavy (non-hydrogen) atoms. The van der Waals surface area contributed by atoms with Gasteiger partial charge in [0.25, 0.3) is 0 Å². The lowest BCUT2D eigenvalue weighted by Crippen LogP contribution is -2.03. The van der Waals surface area contributed by atoms with Gasteiger partial charge in [-0.1, -0.05) is 12.2 Å². The van der Waals surface area contributed by atoms with Crippen LogP contribution in [0.3, 0.4) is 0 Å². The maximum atomic E-state index is 13.6. The Kier molecular flexibility index (Phi) is 3.74. The Bertz CT molecular complexity index is 428. The zero-order chi connectivity index (χ0) is 12.3. The summed E-state index contributed by atoms with van der Waals surface area (Å²) in [4.78, 5) is 0. The molecule has 0 radical (unpaired) electrons. The number of nitrogens with two attached hydrogens (primary N) is 1. The van der Waals surface area contributed by atoms with Gasteiger partial charge in [0.2, 0.25) is 0 Å². The van der Waals surface area contributed by atoms with E-state index in [1.807, 2.05) is 0 Å². The Morgan fingerprint density at radius 3 is 2.76 bits per heavy atom. The van der Waals surface area contributed by atoms with Crippen LogP contribution in [0.1, 0.15) is 18.4 Å². The topological polar surface area (TPSA) is 35.2 Å². The second-order valence-corrected chi connectivity index (χ2v) is 4.20. The van der Waals surface area contributed by atoms with Crippen molar-refractivity contribution in [2.45, 2.75) is 12.8 Å². The number of halogens is 2. The number of hydrogen-bond donors (Lipinski definition) is 1. The van der Waals surface area contributed by atoms with E-state index in [1.54, 1.807) is 12.2 Å². The predicted molar refractivity (Wildman–Crippen MR) is 62.7 cm³/mol. The summed E-state index contributed by atoms with van der Waals surface area (Å²) in [6.07, 6.45) is 5.46. The molecule has 92 valence electrons. The lowest BCUT2D eigenvalue weighted by molar-refractivity contribution is 0.284. The van der Waals surface area contributed by atoms with Crippen LogP contribution >= 0.6 is 0 Å². The fourth-order valence-corrected chi connectivity index (χ4v) is 1.54. The summed E-state index contributed by atoms with van der Waals surface area (Å²) in [6, 6.07) is 2.08. The minimum atomic E-state index is -0.665. The quantitative estimate of drug-likeness (QED) is 0.857. The average molecular weight is 239 g/mol. The van der Waals surface area contributed by atoms with Crippen LogP contribution in [0.2, 0.25) is 0 Å². The van der Waals surface area contributed by atoms with E-state index in [0.717, 1.165) is 18.9 Å². The molecule has 2 nitrogen and oxygen atoms in total. The molecule has 2 N–H and O–H groups in total. The molecule has 0 aromatic heterocycles. The smallest absolute Gasteiger partial charge is 0.168 e. The Hall–Kier alpha value is -1.42. The molecule has 4 heteroatoms. The van der Waals surface area contributed by atoms with Crippen molar-refractivity contribution < 1.29 is 13.5 Å². The van der Waals surface area contributed by atoms with Crippen LogP contribution in [0.15, 0.2) is 18.2 Å². The van der Waals surface area contributed by atoms with E-state index in [-0.39, 0.29) is 5.75 Å². The number of benzene rings is 1. The molecule has 1 fully saturated rings. The van der Waals surface area contributed by atoms with E-state index < -0.39 is 11.6 Å². The first-order valence-electron chi connectivity index (χ1n) is 5.69. The fraction of sp³-hybridized carbons (Fsp3) is 0.385. The molecule has 0 spiro atoms. The van der Waals surface area contributed by atoms with Crippen molar-refractivity contribution in [1.29, 1.82) is 0 Å². The highest BCUT2D eigenvalue weighted by Crippen LogP contribution is 2.32. The Labute approximate surface area is 99.1 Å². The summed E-state index contributed by atoms with van der Waals surface area (Å²) in [5, 5.41) is 0. The van der Waals surface area contributed by atoms with Gasteiger partial charge < -0.3 is 10.5 Å². The molecule has 2 rings (SSSR count). The summed E-state index contributed by atoms with van der Waals surface area (Å²) >= 11 is 0. The molecular weight excluding hydrogens is 224 g/mol. The number of rotatable bonds is 5. The molecule has 0 amide bonds. The number of hydrogen-bond acceptors (Lipinski definition) is 2. The molecule has 1 aromatic rings. The van der Waals surface area contributed by atoms with Crippen LogP contribution in [0.4, 0.5) is 8.78 Å². The van der Waals surface area contributed by atoms with E-state index in [0.29, 0.717) is 24.6 Å². The lowest BCUT2D eigenvalue weighted by Gasteiger charge is -2.10. The van der Waals surface area contributed by atoms with Gasteiger partial charge in [-0.15, -0.1) is 0 Å². The molecule has 0 saturated heterocycles. The summed E-state index contributed by atoms with van der Waals surface area (Å²) in [6.45, 7) is 0.812. The molecule has 0 heterocycles. The average Bonchev–Trinajstić information content (AvgIpc) is 3.08. The maximum Gasteiger partial charge on any atom is 0.168 e. The molecule has 1 aliphatic carbocycles. The van der Waals surface area contributed by atoms with E-state index in [2.05, 4.69) is 0 Å². The Balaban J connectivity index is 2.21. The Morgan fingerprint density at radius 2 is 2.12 bits per heavy atom. The largest absolute Gasteiger partial charge is 0.490 e. The second kappa shape index (κ2) is 5.27. The van der Waals surface area contributed by atoms with Crippen LogP contribution in [-0.2, 0) is 0 Å². The van der Waals surface area contributed by atoms with Crippen molar-refractivity contribution in [2.75, 3.05) is 13.2 Å². The highest BCUT2D eigenvalue weighted by Gasteiger charge is 2.23. The van der Waals surface area contributed by atoms with Crippen molar-refractivity contribution in [3.05, 3.63) is 35.4 Å². The molecule has 0 atom stereocenters. The summed E-state index contributed by atoms with van der Waals surface area (Å²) in [7, 11) is 0. The summed E-state index contributed by atoms with van der Waals surface area (Å²) in [5.74, 6) is -0.644. The standard InChI is InChI=1S/C13H15F2NO/c14-11-6-10(2-1-5-16)13(12(15)7-11)17-8-9-3-4-9/h1-2,6-7,9H,3-5,8,16H2/b2-1+. The lowest BCUT2D eigenvalue weighted by atomic mass is 10.1. The normalized spacial score (nSPS) is 15.5. The van der Waals surface area contributed by atoms with Crippen LogP contribution in [0.25, 0.3) is 6.08 Å². The van der Waals surface area contributed by atoms with Gasteiger partial charge in [0.15, 0.2) is 11.6 Å². The van der Waals surface area contributed by atoms with Crippen molar-refractivity contribution in [3.8, 4) is 5.75 Å². The molecule has 0 bridgehead atoms. The zero-order valence-corrected chi connectivity index (χ0v) is 9.46. The monoisotopic (exact) mass is 239 g/mol. The van der Waals surface area contributed by atoms with E-state index in [9.17, 15) is 8.78 Å². The van der Waals surface area contributed by atoms with Gasteiger partial charge in [0.1, 0.15) is 5.82 Å². The van der Waals surface area contributed by atoms with Crippen molar-refractivity contribution in [3.63, 3.8) is 0 Å². The third-order valence-electron chi connectivity index (χ3n) is 2.63. The first kappa shape index (κ1) is 12.0. The zero-order valence-electron chi connectivity index (χ0n) is 9.46. The first-order valence-corrected chi connectivity index (χ1v) is 5.69. The highest BCUT2D eigenvalue weighted by molar-refractivity contribution is 5.58. The van der Waals surface area contributed by atoms with Gasteiger partial charge in [0.05, 0.1) is 6.61 Å². The van der Waals surface area contributed by atoms with Gasteiger partial charge in [-0.25, -0.2) is 8.78 Å². The second-order valence-electron chi connectivity index (χ2n) is 4.20. The maximum absolute atomic E-state index is 13.6. The highest BCUT2D eigenvalue weighted by atomic mass is 19.1. The third-order valence-corrected chi connectivity index (χ3v) is 2.63. The molecule has 0 unspecified atom stereocenters. The van der Waals surface area contributed by atoms with E-state index >= 15 is 0 Å². The minimum Gasteiger partial charge on any atom is -0.490 e. The van der Waals surface area contributed by atoms with Crippen molar-refractivity contribution >= 4 is 6.08 Å². The molecule has 0 aliphatic heterocycles. The van der Waals surface area contributed by atoms with E-state index in [4.69, 9.17) is 10.5 Å². The molecule has 1 aliphatic rings. The van der Waals surface area contributed by atoms with Gasteiger partial charge in [0, 0.05) is 18.2 Å². The Morgan fingerprint density at radius 1 is 1.35 bits per heavy atom. The predicted octanol–water partition coefficient (Wildman–Crippen LogP) is 2.73. The number of ether oxygens (including phenoxy) is 1. The van der Waals surface area contributed by atoms with Crippen molar-refractivity contribution in [2.24, 2.45) is 11.7 Å². The molecular formula is C13H15F2NO. The van der Waals surface area contributed by atoms with Gasteiger partial charge in [-0.05, 0) is 24.8 Å². The van der Waals surface area contributed by atoms with Crippen LogP contribution in [0.5, 0.6) is 5.75 Å². The summed E-state index contributed by atoms with van der Waals surface area (Å²) in [5.41, 5.74) is 5.72. The first-order chi connectivity index (χ1) is 8.20. The molecule has 1 aromatic carbocycles. The third kappa shape index (κ3) is 3.27.